The molecule has 0 spiro atoms. The fourth-order valence-electron chi connectivity index (χ4n) is 0.306. The third-order valence-corrected chi connectivity index (χ3v) is 3.66. The first kappa shape index (κ1) is 7.20. The van der Waals surface area contributed by atoms with Crippen LogP contribution in [0.25, 0.3) is 0 Å². The van der Waals surface area contributed by atoms with Crippen LogP contribution in [0, 0.1) is 0 Å². The van der Waals surface area contributed by atoms with Crippen LogP contribution in [0.4, 0.5) is 4.39 Å². The zero-order valence-electron chi connectivity index (χ0n) is 3.47. The molecule has 48 valence electrons. The van der Waals surface area contributed by atoms with Crippen molar-refractivity contribution in [2.24, 2.45) is 0 Å². The van der Waals surface area contributed by atoms with Gasteiger partial charge in [-0.3, -0.25) is 0 Å². The minimum Gasteiger partial charge on any atom is -0.221 e. The third kappa shape index (κ3) is 0.652. The second-order valence-electron chi connectivity index (χ2n) is 1.61. The van der Waals surface area contributed by atoms with Gasteiger partial charge in [0.1, 0.15) is 5.38 Å². The minimum atomic E-state index is -2.13. The van der Waals surface area contributed by atoms with E-state index in [0.717, 1.165) is 0 Å². The Labute approximate surface area is 65.8 Å². The highest BCUT2D eigenvalue weighted by atomic mass is 35.5. The lowest BCUT2D eigenvalue weighted by Crippen LogP contribution is -1.98. The van der Waals surface area contributed by atoms with Gasteiger partial charge in [-0.25, -0.2) is 4.39 Å². The molecule has 0 saturated heterocycles. The van der Waals surface area contributed by atoms with E-state index in [2.05, 4.69) is 0 Å². The summed E-state index contributed by atoms with van der Waals surface area (Å²) in [5, 5.41) is -3.11. The van der Waals surface area contributed by atoms with E-state index >= 15 is 0 Å². The summed E-state index contributed by atoms with van der Waals surface area (Å²) in [4.78, 5) is 0. The van der Waals surface area contributed by atoms with Gasteiger partial charge in [0.25, 0.3) is 0 Å². The van der Waals surface area contributed by atoms with Crippen LogP contribution < -0.4 is 0 Å². The molecule has 0 aromatic heterocycles. The zero-order valence-corrected chi connectivity index (χ0v) is 6.49. The van der Waals surface area contributed by atoms with Crippen molar-refractivity contribution in [2.75, 3.05) is 0 Å². The van der Waals surface area contributed by atoms with Crippen molar-refractivity contribution in [3.05, 3.63) is 0 Å². The van der Waals surface area contributed by atoms with Gasteiger partial charge in [-0.15, -0.1) is 11.6 Å². The van der Waals surface area contributed by atoms with Crippen LogP contribution in [-0.2, 0) is 0 Å². The Balaban J connectivity index is 2.72. The lowest BCUT2D eigenvalue weighted by atomic mass is 10.9. The molecule has 0 bridgehead atoms. The molecule has 1 aliphatic carbocycles. The molecule has 0 aliphatic heterocycles. The first-order valence-electron chi connectivity index (χ1n) is 1.80. The van der Waals surface area contributed by atoms with Gasteiger partial charge < -0.3 is 0 Å². The van der Waals surface area contributed by atoms with Gasteiger partial charge in [0.15, 0.2) is 4.33 Å². The molecule has 2 unspecified atom stereocenters. The highest BCUT2D eigenvalue weighted by Gasteiger charge is 2.77. The first-order valence-corrected chi connectivity index (χ1v) is 3.37. The highest BCUT2D eigenvalue weighted by Crippen LogP contribution is 2.65. The van der Waals surface area contributed by atoms with Crippen molar-refractivity contribution < 1.29 is 4.39 Å². The van der Waals surface area contributed by atoms with E-state index in [1.54, 1.807) is 0 Å². The number of hydrogen-bond donors (Lipinski definition) is 0. The molecular weight excluding hydrogens is 197 g/mol. The molecule has 0 radical (unpaired) electrons. The predicted octanol–water partition coefficient (Wildman–Crippen LogP) is 2.69. The average molecular weight is 198 g/mol. The lowest BCUT2D eigenvalue weighted by molar-refractivity contribution is 0.424. The number of alkyl halides is 5. The normalized spacial score (nSPS) is 51.4. The molecular formula is C3HCl4F. The van der Waals surface area contributed by atoms with Crippen molar-refractivity contribution in [3.63, 3.8) is 0 Å². The maximum absolute atomic E-state index is 12.3. The predicted molar refractivity (Wildman–Crippen MR) is 33.8 cm³/mol. The molecule has 0 amide bonds. The van der Waals surface area contributed by atoms with E-state index in [9.17, 15) is 4.39 Å². The van der Waals surface area contributed by atoms with Crippen LogP contribution >= 0.6 is 46.4 Å². The zero-order chi connectivity index (χ0) is 6.58. The van der Waals surface area contributed by atoms with Crippen LogP contribution in [0.5, 0.6) is 0 Å². The molecule has 1 aliphatic rings. The SMILES string of the molecule is FC1(Cl)C(Cl)C1(Cl)Cl. The summed E-state index contributed by atoms with van der Waals surface area (Å²) in [5.41, 5.74) is 0. The summed E-state index contributed by atoms with van der Waals surface area (Å²) < 4.78 is 10.8. The summed E-state index contributed by atoms with van der Waals surface area (Å²) in [6, 6.07) is 0. The van der Waals surface area contributed by atoms with Gasteiger partial charge in [-0.2, -0.15) is 0 Å². The lowest BCUT2D eigenvalue weighted by Gasteiger charge is -1.91. The first-order chi connectivity index (χ1) is 3.40. The van der Waals surface area contributed by atoms with E-state index in [4.69, 9.17) is 46.4 Å². The molecule has 0 aromatic rings. The van der Waals surface area contributed by atoms with Crippen molar-refractivity contribution >= 4 is 46.4 Å². The quantitative estimate of drug-likeness (QED) is 0.524. The summed E-state index contributed by atoms with van der Waals surface area (Å²) >= 11 is 20.6. The molecule has 5 heteroatoms. The van der Waals surface area contributed by atoms with Crippen LogP contribution in [0.2, 0.25) is 0 Å². The summed E-state index contributed by atoms with van der Waals surface area (Å²) in [7, 11) is 0. The molecule has 2 atom stereocenters. The van der Waals surface area contributed by atoms with Crippen LogP contribution in [-0.4, -0.2) is 14.8 Å². The van der Waals surface area contributed by atoms with Crippen molar-refractivity contribution in [1.29, 1.82) is 0 Å². The monoisotopic (exact) mass is 196 g/mol. The van der Waals surface area contributed by atoms with Crippen molar-refractivity contribution in [3.8, 4) is 0 Å². The molecule has 0 N–H and O–H groups in total. The minimum absolute atomic E-state index is 0.986. The van der Waals surface area contributed by atoms with Gasteiger partial charge in [0.05, 0.1) is 0 Å². The van der Waals surface area contributed by atoms with Crippen molar-refractivity contribution in [2.45, 2.75) is 14.8 Å². The maximum Gasteiger partial charge on any atom is 0.236 e. The van der Waals surface area contributed by atoms with Gasteiger partial charge in [0, 0.05) is 0 Å². The van der Waals surface area contributed by atoms with Gasteiger partial charge in [-0.1, -0.05) is 34.8 Å². The number of rotatable bonds is 0. The Morgan fingerprint density at radius 3 is 1.38 bits per heavy atom. The number of hydrogen-bond acceptors (Lipinski definition) is 0. The second kappa shape index (κ2) is 1.57. The Hall–Kier alpha value is 1.09. The van der Waals surface area contributed by atoms with Gasteiger partial charge in [0.2, 0.25) is 5.13 Å². The van der Waals surface area contributed by atoms with Gasteiger partial charge >= 0.3 is 0 Å². The largest absolute Gasteiger partial charge is 0.236 e. The molecule has 1 saturated carbocycles. The van der Waals surface area contributed by atoms with Crippen LogP contribution in [0.3, 0.4) is 0 Å². The molecule has 8 heavy (non-hydrogen) atoms. The van der Waals surface area contributed by atoms with E-state index in [0.29, 0.717) is 0 Å². The molecule has 1 rings (SSSR count). The second-order valence-corrected chi connectivity index (χ2v) is 3.98. The molecule has 1 fully saturated rings. The standard InChI is InChI=1S/C3HCl4F/c4-1-2(5,6)3(1,7)8/h1H. The highest BCUT2D eigenvalue weighted by molar-refractivity contribution is 6.63. The summed E-state index contributed by atoms with van der Waals surface area (Å²) in [5.74, 6) is 0. The van der Waals surface area contributed by atoms with Crippen molar-refractivity contribution in [1.82, 2.24) is 0 Å². The smallest absolute Gasteiger partial charge is 0.221 e. The average Bonchev–Trinajstić information content (AvgIpc) is 1.88. The molecule has 0 aromatic carbocycles. The fraction of sp³-hybridized carbons (Fsp3) is 1.00. The third-order valence-electron chi connectivity index (χ3n) is 0.998. The Morgan fingerprint density at radius 2 is 1.38 bits per heavy atom. The maximum atomic E-state index is 12.3. The Bertz CT molecular complexity index is 106. The van der Waals surface area contributed by atoms with Crippen LogP contribution in [0.15, 0.2) is 0 Å². The van der Waals surface area contributed by atoms with E-state index < -0.39 is 14.8 Å². The molecule has 0 heterocycles. The Morgan fingerprint density at radius 1 is 1.25 bits per heavy atom. The van der Waals surface area contributed by atoms with Gasteiger partial charge in [-0.05, 0) is 0 Å². The van der Waals surface area contributed by atoms with E-state index in [-0.39, 0.29) is 0 Å². The topological polar surface area (TPSA) is 0 Å². The van der Waals surface area contributed by atoms with E-state index in [1.807, 2.05) is 0 Å². The van der Waals surface area contributed by atoms with Crippen LogP contribution in [0.1, 0.15) is 0 Å². The van der Waals surface area contributed by atoms with E-state index in [1.165, 1.54) is 0 Å². The number of halogens is 5. The Kier molecular flexibility index (Phi) is 1.41. The molecule has 0 nitrogen and oxygen atoms in total. The summed E-state index contributed by atoms with van der Waals surface area (Å²) in [6.45, 7) is 0. The fourth-order valence-corrected chi connectivity index (χ4v) is 1.48. The summed E-state index contributed by atoms with van der Waals surface area (Å²) in [6.07, 6.45) is 0.